The first kappa shape index (κ1) is 18.8. The van der Waals surface area contributed by atoms with Crippen LogP contribution in [-0.2, 0) is 9.53 Å². The van der Waals surface area contributed by atoms with Crippen molar-refractivity contribution in [2.45, 2.75) is 31.2 Å². The van der Waals surface area contributed by atoms with Crippen LogP contribution in [0.25, 0.3) is 0 Å². The Bertz CT molecular complexity index is 545. The van der Waals surface area contributed by atoms with Crippen LogP contribution in [0.1, 0.15) is 19.4 Å². The molecule has 1 fully saturated rings. The Morgan fingerprint density at radius 3 is 2.74 bits per heavy atom. The van der Waals surface area contributed by atoms with Crippen molar-refractivity contribution in [1.29, 1.82) is 0 Å². The van der Waals surface area contributed by atoms with E-state index in [1.807, 2.05) is 6.07 Å². The largest absolute Gasteiger partial charge is 0.379 e. The van der Waals surface area contributed by atoms with Gasteiger partial charge in [-0.1, -0.05) is 15.9 Å². The number of aryl methyl sites for hydroxylation is 1. The number of amides is 1. The molecular formula is C17H25BrN2O2S. The zero-order valence-electron chi connectivity index (χ0n) is 14.0. The molecule has 0 radical (unpaired) electrons. The third-order valence-electron chi connectivity index (χ3n) is 4.08. The van der Waals surface area contributed by atoms with E-state index in [0.29, 0.717) is 12.3 Å². The van der Waals surface area contributed by atoms with Gasteiger partial charge in [-0.05, 0) is 44.5 Å². The monoisotopic (exact) mass is 400 g/mol. The lowest BCUT2D eigenvalue weighted by Gasteiger charge is -2.40. The summed E-state index contributed by atoms with van der Waals surface area (Å²) in [5, 5.41) is 3.07. The summed E-state index contributed by atoms with van der Waals surface area (Å²) in [5.41, 5.74) is 1.14. The van der Waals surface area contributed by atoms with Gasteiger partial charge < -0.3 is 10.1 Å². The molecule has 1 amide bonds. The summed E-state index contributed by atoms with van der Waals surface area (Å²) < 4.78 is 6.46. The number of hydrogen-bond donors (Lipinski definition) is 1. The summed E-state index contributed by atoms with van der Waals surface area (Å²) in [5.74, 6) is 0.528. The van der Waals surface area contributed by atoms with Crippen molar-refractivity contribution >= 4 is 33.6 Å². The number of morpholine rings is 1. The topological polar surface area (TPSA) is 41.6 Å². The van der Waals surface area contributed by atoms with Crippen LogP contribution in [0.4, 0.5) is 0 Å². The van der Waals surface area contributed by atoms with Gasteiger partial charge in [0.25, 0.3) is 0 Å². The van der Waals surface area contributed by atoms with Crippen LogP contribution >= 0.6 is 27.7 Å². The molecular weight excluding hydrogens is 376 g/mol. The van der Waals surface area contributed by atoms with Gasteiger partial charge in [0.2, 0.25) is 5.91 Å². The maximum absolute atomic E-state index is 12.1. The number of nitrogens with zero attached hydrogens (tertiary/aromatic N) is 1. The Balaban J connectivity index is 1.78. The minimum Gasteiger partial charge on any atom is -0.379 e. The summed E-state index contributed by atoms with van der Waals surface area (Å²) in [6.45, 7) is 10.5. The maximum atomic E-state index is 12.1. The van der Waals surface area contributed by atoms with Crippen molar-refractivity contribution < 1.29 is 9.53 Å². The first-order valence-corrected chi connectivity index (χ1v) is 9.65. The number of hydrogen-bond acceptors (Lipinski definition) is 4. The van der Waals surface area contributed by atoms with Crippen LogP contribution in [0, 0.1) is 6.92 Å². The van der Waals surface area contributed by atoms with E-state index < -0.39 is 0 Å². The number of ether oxygens (including phenoxy) is 1. The highest BCUT2D eigenvalue weighted by Gasteiger charge is 2.28. The van der Waals surface area contributed by atoms with Gasteiger partial charge in [0.05, 0.1) is 19.0 Å². The Kier molecular flexibility index (Phi) is 6.95. The molecule has 128 valence electrons. The van der Waals surface area contributed by atoms with Crippen LogP contribution in [0.3, 0.4) is 0 Å². The molecule has 2 rings (SSSR count). The molecule has 1 aliphatic heterocycles. The predicted octanol–water partition coefficient (Wildman–Crippen LogP) is 3.08. The molecule has 1 aromatic carbocycles. The Labute approximate surface area is 151 Å². The number of nitrogens with one attached hydrogen (secondary N) is 1. The van der Waals surface area contributed by atoms with E-state index in [1.165, 1.54) is 5.56 Å². The first-order chi connectivity index (χ1) is 10.9. The molecule has 4 nitrogen and oxygen atoms in total. The van der Waals surface area contributed by atoms with Crippen molar-refractivity contribution in [2.75, 3.05) is 38.6 Å². The molecule has 1 heterocycles. The van der Waals surface area contributed by atoms with Gasteiger partial charge in [0.15, 0.2) is 0 Å². The van der Waals surface area contributed by atoms with Gasteiger partial charge in [0.1, 0.15) is 0 Å². The van der Waals surface area contributed by atoms with E-state index in [2.05, 4.69) is 59.1 Å². The van der Waals surface area contributed by atoms with E-state index in [-0.39, 0.29) is 11.4 Å². The van der Waals surface area contributed by atoms with Gasteiger partial charge in [-0.3, -0.25) is 9.69 Å². The van der Waals surface area contributed by atoms with E-state index in [1.54, 1.807) is 11.8 Å². The molecule has 0 atom stereocenters. The normalized spacial score (nSPS) is 16.3. The zero-order valence-corrected chi connectivity index (χ0v) is 16.4. The second-order valence-electron chi connectivity index (χ2n) is 6.39. The Morgan fingerprint density at radius 1 is 1.39 bits per heavy atom. The molecule has 0 aliphatic carbocycles. The van der Waals surface area contributed by atoms with Gasteiger partial charge in [-0.2, -0.15) is 0 Å². The average Bonchev–Trinajstić information content (AvgIpc) is 2.53. The summed E-state index contributed by atoms with van der Waals surface area (Å²) >= 11 is 5.04. The van der Waals surface area contributed by atoms with E-state index in [9.17, 15) is 4.79 Å². The van der Waals surface area contributed by atoms with E-state index >= 15 is 0 Å². The zero-order chi connectivity index (χ0) is 16.9. The van der Waals surface area contributed by atoms with Crippen molar-refractivity contribution in [2.24, 2.45) is 0 Å². The fourth-order valence-corrected chi connectivity index (χ4v) is 3.88. The molecule has 0 aromatic heterocycles. The fourth-order valence-electron chi connectivity index (χ4n) is 2.56. The molecule has 1 N–H and O–H groups in total. The highest BCUT2D eigenvalue weighted by atomic mass is 79.9. The molecule has 1 saturated heterocycles. The number of rotatable bonds is 6. The molecule has 0 bridgehead atoms. The van der Waals surface area contributed by atoms with Crippen molar-refractivity contribution in [3.05, 3.63) is 28.2 Å². The van der Waals surface area contributed by atoms with Crippen LogP contribution in [0.2, 0.25) is 0 Å². The standard InChI is InChI=1S/C17H25BrN2O2S/c1-13-10-14(18)4-5-15(13)23-11-16(21)19-12-17(2,3)20-6-8-22-9-7-20/h4-5,10H,6-9,11-12H2,1-3H3,(H,19,21). The smallest absolute Gasteiger partial charge is 0.230 e. The highest BCUT2D eigenvalue weighted by molar-refractivity contribution is 9.10. The van der Waals surface area contributed by atoms with Crippen molar-refractivity contribution in [3.63, 3.8) is 0 Å². The number of carbonyl (C=O) groups is 1. The van der Waals surface area contributed by atoms with Gasteiger partial charge >= 0.3 is 0 Å². The maximum Gasteiger partial charge on any atom is 0.230 e. The second-order valence-corrected chi connectivity index (χ2v) is 8.32. The van der Waals surface area contributed by atoms with Crippen LogP contribution in [0.5, 0.6) is 0 Å². The summed E-state index contributed by atoms with van der Waals surface area (Å²) in [6, 6.07) is 6.13. The van der Waals surface area contributed by atoms with Gasteiger partial charge in [-0.15, -0.1) is 11.8 Å². The van der Waals surface area contributed by atoms with Crippen molar-refractivity contribution in [1.82, 2.24) is 10.2 Å². The minimum absolute atomic E-state index is 0.0440. The minimum atomic E-state index is -0.0440. The van der Waals surface area contributed by atoms with Crippen LogP contribution in [0.15, 0.2) is 27.6 Å². The van der Waals surface area contributed by atoms with Gasteiger partial charge in [-0.25, -0.2) is 0 Å². The Morgan fingerprint density at radius 2 is 2.09 bits per heavy atom. The third kappa shape index (κ3) is 5.78. The Hall–Kier alpha value is -0.560. The number of benzene rings is 1. The fraction of sp³-hybridized carbons (Fsp3) is 0.588. The molecule has 0 spiro atoms. The lowest BCUT2D eigenvalue weighted by atomic mass is 10.0. The number of thioether (sulfide) groups is 1. The molecule has 1 aliphatic rings. The predicted molar refractivity (Wildman–Crippen MR) is 99.1 cm³/mol. The highest BCUT2D eigenvalue weighted by Crippen LogP contribution is 2.25. The average molecular weight is 401 g/mol. The van der Waals surface area contributed by atoms with Crippen LogP contribution in [-0.4, -0.2) is 54.9 Å². The quantitative estimate of drug-likeness (QED) is 0.744. The van der Waals surface area contributed by atoms with Crippen molar-refractivity contribution in [3.8, 4) is 0 Å². The summed E-state index contributed by atoms with van der Waals surface area (Å²) in [6.07, 6.45) is 0. The molecule has 1 aromatic rings. The number of carbonyl (C=O) groups excluding carboxylic acids is 1. The van der Waals surface area contributed by atoms with E-state index in [4.69, 9.17) is 4.74 Å². The second kappa shape index (κ2) is 8.51. The first-order valence-electron chi connectivity index (χ1n) is 7.87. The van der Waals surface area contributed by atoms with Gasteiger partial charge in [0, 0.05) is 34.5 Å². The molecule has 0 unspecified atom stereocenters. The lowest BCUT2D eigenvalue weighted by Crippen LogP contribution is -2.55. The number of halogens is 1. The van der Waals surface area contributed by atoms with Crippen LogP contribution < -0.4 is 5.32 Å². The molecule has 6 heteroatoms. The summed E-state index contributed by atoms with van der Waals surface area (Å²) in [4.78, 5) is 15.7. The lowest BCUT2D eigenvalue weighted by molar-refractivity contribution is -0.119. The third-order valence-corrected chi connectivity index (χ3v) is 5.75. The molecule has 0 saturated carbocycles. The van der Waals surface area contributed by atoms with E-state index in [0.717, 1.165) is 35.7 Å². The SMILES string of the molecule is Cc1cc(Br)ccc1SCC(=O)NCC(C)(C)N1CCOCC1. The summed E-state index contributed by atoms with van der Waals surface area (Å²) in [7, 11) is 0. The molecule has 23 heavy (non-hydrogen) atoms.